The number of aromatic nitrogens is 1. The van der Waals surface area contributed by atoms with Crippen molar-refractivity contribution in [2.24, 2.45) is 0 Å². The predicted molar refractivity (Wildman–Crippen MR) is 105 cm³/mol. The van der Waals surface area contributed by atoms with Gasteiger partial charge in [0, 0.05) is 40.2 Å². The summed E-state index contributed by atoms with van der Waals surface area (Å²) in [5.41, 5.74) is 2.86. The van der Waals surface area contributed by atoms with Gasteiger partial charge in [0.1, 0.15) is 5.76 Å². The van der Waals surface area contributed by atoms with E-state index < -0.39 is 10.0 Å². The maximum Gasteiger partial charge on any atom is 0.242 e. The number of nitrogens with one attached hydrogen (secondary N) is 1. The maximum absolute atomic E-state index is 12.5. The van der Waals surface area contributed by atoms with E-state index in [1.54, 1.807) is 6.07 Å². The summed E-state index contributed by atoms with van der Waals surface area (Å²) in [6.07, 6.45) is 0.737. The van der Waals surface area contributed by atoms with Gasteiger partial charge >= 0.3 is 0 Å². The van der Waals surface area contributed by atoms with Crippen LogP contribution in [-0.2, 0) is 21.2 Å². The lowest BCUT2D eigenvalue weighted by atomic mass is 10.1. The number of benzene rings is 1. The molecule has 0 saturated carbocycles. The molecule has 0 aliphatic carbocycles. The number of nitrogens with zero attached hydrogens (tertiary/aromatic N) is 3. The molecule has 1 aromatic heterocycles. The number of rotatable bonds is 7. The number of hydrogen-bond donors (Lipinski definition) is 1. The van der Waals surface area contributed by atoms with Gasteiger partial charge in [-0.1, -0.05) is 5.16 Å². The van der Waals surface area contributed by atoms with Gasteiger partial charge in [-0.05, 0) is 38.5 Å². The molecule has 0 aliphatic heterocycles. The molecule has 0 unspecified atom stereocenters. The second-order valence-electron chi connectivity index (χ2n) is 6.71. The monoisotopic (exact) mass is 394 g/mol. The molecule has 0 fully saturated rings. The minimum atomic E-state index is -3.59. The summed E-state index contributed by atoms with van der Waals surface area (Å²) in [5.74, 6) is 0.492. The van der Waals surface area contributed by atoms with E-state index in [0.29, 0.717) is 17.9 Å². The first kappa shape index (κ1) is 20.9. The second-order valence-corrected chi connectivity index (χ2v) is 8.86. The number of carbonyl (C=O) groups is 1. The van der Waals surface area contributed by atoms with Crippen LogP contribution in [0.4, 0.5) is 11.4 Å². The zero-order chi connectivity index (χ0) is 20.4. The van der Waals surface area contributed by atoms with Gasteiger partial charge in [0.15, 0.2) is 0 Å². The average Bonchev–Trinajstić information content (AvgIpc) is 2.90. The van der Waals surface area contributed by atoms with E-state index in [4.69, 9.17) is 4.52 Å². The van der Waals surface area contributed by atoms with Crippen LogP contribution < -0.4 is 10.2 Å². The molecule has 1 N–H and O–H groups in total. The topological polar surface area (TPSA) is 95.8 Å². The van der Waals surface area contributed by atoms with E-state index >= 15 is 0 Å². The van der Waals surface area contributed by atoms with E-state index in [-0.39, 0.29) is 17.2 Å². The SMILES string of the molecule is Cc1noc(C)c1CCC(=O)Nc1cc(S(=O)(=O)N(C)C)ccc1N(C)C. The molecule has 0 bridgehead atoms. The molecule has 0 saturated heterocycles. The fourth-order valence-corrected chi connectivity index (χ4v) is 3.61. The van der Waals surface area contributed by atoms with Gasteiger partial charge in [-0.15, -0.1) is 0 Å². The third kappa shape index (κ3) is 4.67. The molecular formula is C18H26N4O4S. The van der Waals surface area contributed by atoms with Crippen LogP contribution in [0.1, 0.15) is 23.4 Å². The number of amides is 1. The van der Waals surface area contributed by atoms with E-state index in [0.717, 1.165) is 21.2 Å². The van der Waals surface area contributed by atoms with E-state index in [1.165, 1.54) is 26.2 Å². The Morgan fingerprint density at radius 3 is 2.37 bits per heavy atom. The van der Waals surface area contributed by atoms with Crippen molar-refractivity contribution >= 4 is 27.3 Å². The van der Waals surface area contributed by atoms with Crippen molar-refractivity contribution in [3.05, 3.63) is 35.2 Å². The number of aryl methyl sites for hydroxylation is 2. The van der Waals surface area contributed by atoms with Gasteiger partial charge in [-0.3, -0.25) is 4.79 Å². The Morgan fingerprint density at radius 1 is 1.19 bits per heavy atom. The van der Waals surface area contributed by atoms with Crippen LogP contribution in [0.5, 0.6) is 0 Å². The summed E-state index contributed by atoms with van der Waals surface area (Å²) in [5, 5.41) is 6.72. The van der Waals surface area contributed by atoms with Crippen molar-refractivity contribution in [1.29, 1.82) is 0 Å². The van der Waals surface area contributed by atoms with Gasteiger partial charge in [-0.2, -0.15) is 0 Å². The van der Waals surface area contributed by atoms with Crippen LogP contribution in [0.3, 0.4) is 0 Å². The normalized spacial score (nSPS) is 11.7. The molecule has 0 spiro atoms. The predicted octanol–water partition coefficient (Wildman–Crippen LogP) is 2.18. The van der Waals surface area contributed by atoms with E-state index in [2.05, 4.69) is 10.5 Å². The molecule has 0 radical (unpaired) electrons. The van der Waals surface area contributed by atoms with Crippen LogP contribution in [0, 0.1) is 13.8 Å². The van der Waals surface area contributed by atoms with Gasteiger partial charge < -0.3 is 14.7 Å². The Bertz CT molecular complexity index is 913. The molecule has 9 heteroatoms. The highest BCUT2D eigenvalue weighted by atomic mass is 32.2. The maximum atomic E-state index is 12.5. The quantitative estimate of drug-likeness (QED) is 0.773. The van der Waals surface area contributed by atoms with Crippen molar-refractivity contribution in [2.45, 2.75) is 31.6 Å². The average molecular weight is 394 g/mol. The Labute approximate surface area is 160 Å². The van der Waals surface area contributed by atoms with E-state index in [1.807, 2.05) is 32.8 Å². The number of sulfonamides is 1. The molecule has 2 aromatic rings. The fraction of sp³-hybridized carbons (Fsp3) is 0.444. The summed E-state index contributed by atoms with van der Waals surface area (Å²) in [7, 11) is 3.00. The third-order valence-corrected chi connectivity index (χ3v) is 6.10. The largest absolute Gasteiger partial charge is 0.376 e. The fourth-order valence-electron chi connectivity index (χ4n) is 2.69. The molecule has 1 heterocycles. The Hall–Kier alpha value is -2.39. The highest BCUT2D eigenvalue weighted by Gasteiger charge is 2.20. The zero-order valence-corrected chi connectivity index (χ0v) is 17.3. The van der Waals surface area contributed by atoms with E-state index in [9.17, 15) is 13.2 Å². The Morgan fingerprint density at radius 2 is 1.85 bits per heavy atom. The lowest BCUT2D eigenvalue weighted by molar-refractivity contribution is -0.116. The summed E-state index contributed by atoms with van der Waals surface area (Å²) >= 11 is 0. The van der Waals surface area contributed by atoms with Gasteiger partial charge in [0.25, 0.3) is 0 Å². The number of carbonyl (C=O) groups excluding carboxylic acids is 1. The summed E-state index contributed by atoms with van der Waals surface area (Å²) in [6, 6.07) is 4.70. The first-order valence-electron chi connectivity index (χ1n) is 8.49. The number of anilines is 2. The highest BCUT2D eigenvalue weighted by Crippen LogP contribution is 2.29. The van der Waals surface area contributed by atoms with Crippen LogP contribution >= 0.6 is 0 Å². The molecule has 27 heavy (non-hydrogen) atoms. The van der Waals surface area contributed by atoms with Gasteiger partial charge in [0.2, 0.25) is 15.9 Å². The van der Waals surface area contributed by atoms with Gasteiger partial charge in [-0.25, -0.2) is 12.7 Å². The Kier molecular flexibility index (Phi) is 6.27. The van der Waals surface area contributed by atoms with Crippen molar-refractivity contribution in [2.75, 3.05) is 38.4 Å². The van der Waals surface area contributed by atoms with Crippen molar-refractivity contribution in [3.8, 4) is 0 Å². The summed E-state index contributed by atoms with van der Waals surface area (Å²) in [6.45, 7) is 3.65. The molecule has 1 amide bonds. The lowest BCUT2D eigenvalue weighted by Gasteiger charge is -2.20. The first-order valence-corrected chi connectivity index (χ1v) is 9.93. The third-order valence-electron chi connectivity index (χ3n) is 4.29. The molecule has 8 nitrogen and oxygen atoms in total. The minimum absolute atomic E-state index is 0.124. The van der Waals surface area contributed by atoms with Crippen LogP contribution in [0.2, 0.25) is 0 Å². The molecule has 1 aromatic carbocycles. The zero-order valence-electron chi connectivity index (χ0n) is 16.5. The highest BCUT2D eigenvalue weighted by molar-refractivity contribution is 7.89. The lowest BCUT2D eigenvalue weighted by Crippen LogP contribution is -2.23. The van der Waals surface area contributed by atoms with Gasteiger partial charge in [0.05, 0.1) is 22.0 Å². The smallest absolute Gasteiger partial charge is 0.242 e. The summed E-state index contributed by atoms with van der Waals surface area (Å²) < 4.78 is 31.0. The Balaban J connectivity index is 2.24. The van der Waals surface area contributed by atoms with Crippen molar-refractivity contribution in [3.63, 3.8) is 0 Å². The molecular weight excluding hydrogens is 368 g/mol. The number of hydrogen-bond acceptors (Lipinski definition) is 6. The molecule has 148 valence electrons. The summed E-state index contributed by atoms with van der Waals surface area (Å²) in [4.78, 5) is 14.4. The van der Waals surface area contributed by atoms with Crippen LogP contribution in [0.15, 0.2) is 27.6 Å². The second kappa shape index (κ2) is 8.10. The minimum Gasteiger partial charge on any atom is -0.376 e. The molecule has 0 aliphatic rings. The van der Waals surface area contributed by atoms with Crippen LogP contribution in [0.25, 0.3) is 0 Å². The molecule has 0 atom stereocenters. The first-order chi connectivity index (χ1) is 12.5. The molecule has 2 rings (SSSR count). The standard InChI is InChI=1S/C18H26N4O4S/c1-12-15(13(2)26-20-12)8-10-18(23)19-16-11-14(27(24,25)22(5)6)7-9-17(16)21(3)4/h7,9,11H,8,10H2,1-6H3,(H,19,23). The van der Waals surface area contributed by atoms with Crippen molar-refractivity contribution in [1.82, 2.24) is 9.46 Å². The van der Waals surface area contributed by atoms with Crippen molar-refractivity contribution < 1.29 is 17.7 Å². The van der Waals surface area contributed by atoms with Crippen LogP contribution in [-0.4, -0.2) is 52.0 Å².